The van der Waals surface area contributed by atoms with E-state index in [1.165, 1.54) is 43.3 Å². The van der Waals surface area contributed by atoms with Crippen LogP contribution >= 0.6 is 0 Å². The van der Waals surface area contributed by atoms with Gasteiger partial charge in [-0.3, -0.25) is 14.3 Å². The van der Waals surface area contributed by atoms with Crippen LogP contribution in [0.1, 0.15) is 10.4 Å². The van der Waals surface area contributed by atoms with E-state index in [-0.39, 0.29) is 12.5 Å². The third-order valence-corrected chi connectivity index (χ3v) is 2.98. The molecule has 0 spiro atoms. The van der Waals surface area contributed by atoms with Crippen molar-refractivity contribution >= 4 is 27.6 Å². The van der Waals surface area contributed by atoms with Crippen molar-refractivity contribution in [2.45, 2.75) is 0 Å². The Labute approximate surface area is 117 Å². The number of methoxy groups -OCH3 is 1. The van der Waals surface area contributed by atoms with Crippen molar-refractivity contribution in [2.75, 3.05) is 31.7 Å². The summed E-state index contributed by atoms with van der Waals surface area (Å²) in [5.41, 5.74) is 0.704. The summed E-state index contributed by atoms with van der Waals surface area (Å²) in [6, 6.07) is 5.90. The zero-order valence-corrected chi connectivity index (χ0v) is 12.2. The van der Waals surface area contributed by atoms with Crippen molar-refractivity contribution in [3.8, 4) is 0 Å². The molecule has 7 nitrogen and oxygen atoms in total. The predicted octanol–water partition coefficient (Wildman–Crippen LogP) is 0.303. The normalized spacial score (nSPS) is 10.8. The first kappa shape index (κ1) is 16.0. The molecule has 8 heteroatoms. The van der Waals surface area contributed by atoms with Gasteiger partial charge in [0.1, 0.15) is 6.54 Å². The quantitative estimate of drug-likeness (QED) is 0.790. The molecule has 0 heterocycles. The molecule has 0 unspecified atom stereocenters. The van der Waals surface area contributed by atoms with Crippen LogP contribution in [0.3, 0.4) is 0 Å². The molecule has 0 aliphatic rings. The Hall–Kier alpha value is -2.09. The molecular formula is C12H16N2O5S. The van der Waals surface area contributed by atoms with E-state index < -0.39 is 16.0 Å². The fraction of sp³-hybridized carbons (Fsp3) is 0.333. The number of sulfonamides is 1. The summed E-state index contributed by atoms with van der Waals surface area (Å²) in [5.74, 6) is -0.877. The Morgan fingerprint density at radius 1 is 1.25 bits per heavy atom. The van der Waals surface area contributed by atoms with Gasteiger partial charge < -0.3 is 9.64 Å². The van der Waals surface area contributed by atoms with Crippen LogP contribution in [0.25, 0.3) is 0 Å². The zero-order chi connectivity index (χ0) is 15.3. The molecule has 110 valence electrons. The van der Waals surface area contributed by atoms with Crippen molar-refractivity contribution in [3.05, 3.63) is 29.8 Å². The molecule has 0 saturated carbocycles. The van der Waals surface area contributed by atoms with Crippen LogP contribution in [-0.4, -0.2) is 52.2 Å². The SMILES string of the molecule is COC(=O)CN(C)C(=O)c1ccc(NS(C)(=O)=O)cc1. The van der Waals surface area contributed by atoms with Crippen LogP contribution in [0.4, 0.5) is 5.69 Å². The van der Waals surface area contributed by atoms with E-state index in [4.69, 9.17) is 0 Å². The maximum absolute atomic E-state index is 12.0. The van der Waals surface area contributed by atoms with E-state index in [0.717, 1.165) is 6.26 Å². The van der Waals surface area contributed by atoms with Gasteiger partial charge in [0.05, 0.1) is 13.4 Å². The number of likely N-dealkylation sites (N-methyl/N-ethyl adjacent to an activating group) is 1. The summed E-state index contributed by atoms with van der Waals surface area (Å²) >= 11 is 0. The summed E-state index contributed by atoms with van der Waals surface area (Å²) < 4.78 is 28.9. The Morgan fingerprint density at radius 2 is 1.80 bits per heavy atom. The van der Waals surface area contributed by atoms with Gasteiger partial charge in [-0.1, -0.05) is 0 Å². The van der Waals surface area contributed by atoms with Crippen LogP contribution in [0.5, 0.6) is 0 Å². The molecule has 0 aliphatic carbocycles. The first-order valence-electron chi connectivity index (χ1n) is 5.63. The number of anilines is 1. The zero-order valence-electron chi connectivity index (χ0n) is 11.4. The number of benzene rings is 1. The lowest BCUT2D eigenvalue weighted by atomic mass is 10.2. The van der Waals surface area contributed by atoms with Crippen molar-refractivity contribution in [2.24, 2.45) is 0 Å². The van der Waals surface area contributed by atoms with E-state index in [9.17, 15) is 18.0 Å². The van der Waals surface area contributed by atoms with E-state index in [1.807, 2.05) is 0 Å². The molecule has 0 aromatic heterocycles. The molecule has 0 aliphatic heterocycles. The summed E-state index contributed by atoms with van der Waals surface area (Å²) in [5, 5.41) is 0. The van der Waals surface area contributed by atoms with Crippen LogP contribution in [0.15, 0.2) is 24.3 Å². The molecule has 1 rings (SSSR count). The number of hydrogen-bond acceptors (Lipinski definition) is 5. The minimum absolute atomic E-state index is 0.154. The van der Waals surface area contributed by atoms with Gasteiger partial charge in [0, 0.05) is 18.3 Å². The van der Waals surface area contributed by atoms with E-state index >= 15 is 0 Å². The molecular weight excluding hydrogens is 284 g/mol. The number of carbonyl (C=O) groups excluding carboxylic acids is 2. The highest BCUT2D eigenvalue weighted by Gasteiger charge is 2.15. The van der Waals surface area contributed by atoms with Gasteiger partial charge in [-0.15, -0.1) is 0 Å². The highest BCUT2D eigenvalue weighted by molar-refractivity contribution is 7.92. The van der Waals surface area contributed by atoms with Crippen LogP contribution in [0.2, 0.25) is 0 Å². The average molecular weight is 300 g/mol. The summed E-state index contributed by atoms with van der Waals surface area (Å²) in [4.78, 5) is 24.3. The lowest BCUT2D eigenvalue weighted by Crippen LogP contribution is -2.32. The average Bonchev–Trinajstić information content (AvgIpc) is 2.36. The van der Waals surface area contributed by atoms with Gasteiger partial charge in [0.2, 0.25) is 10.0 Å². The summed E-state index contributed by atoms with van der Waals surface area (Å²) in [6.07, 6.45) is 1.04. The van der Waals surface area contributed by atoms with Crippen LogP contribution in [0, 0.1) is 0 Å². The predicted molar refractivity (Wildman–Crippen MR) is 73.9 cm³/mol. The van der Waals surface area contributed by atoms with Crippen molar-refractivity contribution in [1.82, 2.24) is 4.90 Å². The molecule has 20 heavy (non-hydrogen) atoms. The smallest absolute Gasteiger partial charge is 0.325 e. The number of nitrogens with one attached hydrogen (secondary N) is 1. The number of amides is 1. The molecule has 0 atom stereocenters. The van der Waals surface area contributed by atoms with E-state index in [2.05, 4.69) is 9.46 Å². The van der Waals surface area contributed by atoms with Crippen molar-refractivity contribution in [1.29, 1.82) is 0 Å². The molecule has 0 radical (unpaired) electrons. The van der Waals surface area contributed by atoms with Gasteiger partial charge in [0.15, 0.2) is 0 Å². The van der Waals surface area contributed by atoms with Gasteiger partial charge in [0.25, 0.3) is 5.91 Å². The van der Waals surface area contributed by atoms with Crippen molar-refractivity contribution < 1.29 is 22.7 Å². The number of esters is 1. The number of hydrogen-bond donors (Lipinski definition) is 1. The standard InChI is InChI=1S/C12H16N2O5S/c1-14(8-11(15)19-2)12(16)9-4-6-10(7-5-9)13-20(3,17)18/h4-7,13H,8H2,1-3H3. The van der Waals surface area contributed by atoms with E-state index in [0.29, 0.717) is 11.3 Å². The van der Waals surface area contributed by atoms with Crippen LogP contribution < -0.4 is 4.72 Å². The molecule has 0 saturated heterocycles. The molecule has 1 N–H and O–H groups in total. The molecule has 1 aromatic carbocycles. The number of nitrogens with zero attached hydrogens (tertiary/aromatic N) is 1. The number of rotatable bonds is 5. The molecule has 0 bridgehead atoms. The first-order chi connectivity index (χ1) is 9.23. The summed E-state index contributed by atoms with van der Waals surface area (Å²) in [7, 11) is -0.636. The van der Waals surface area contributed by atoms with Gasteiger partial charge in [-0.25, -0.2) is 8.42 Å². The maximum Gasteiger partial charge on any atom is 0.325 e. The Morgan fingerprint density at radius 3 is 2.25 bits per heavy atom. The lowest BCUT2D eigenvalue weighted by Gasteiger charge is -2.15. The van der Waals surface area contributed by atoms with E-state index in [1.54, 1.807) is 0 Å². The van der Waals surface area contributed by atoms with Crippen molar-refractivity contribution in [3.63, 3.8) is 0 Å². The van der Waals surface area contributed by atoms with Gasteiger partial charge in [-0.2, -0.15) is 0 Å². The minimum Gasteiger partial charge on any atom is -0.468 e. The monoisotopic (exact) mass is 300 g/mol. The van der Waals surface area contributed by atoms with Gasteiger partial charge in [-0.05, 0) is 24.3 Å². The Bertz CT molecular complexity index is 595. The largest absolute Gasteiger partial charge is 0.468 e. The summed E-state index contributed by atoms with van der Waals surface area (Å²) in [6.45, 7) is -0.154. The third-order valence-electron chi connectivity index (χ3n) is 2.38. The second kappa shape index (κ2) is 6.38. The first-order valence-corrected chi connectivity index (χ1v) is 7.52. The molecule has 1 amide bonds. The maximum atomic E-state index is 12.0. The molecule has 1 aromatic rings. The molecule has 0 fully saturated rings. The van der Waals surface area contributed by atoms with Gasteiger partial charge >= 0.3 is 5.97 Å². The fourth-order valence-corrected chi connectivity index (χ4v) is 2.01. The fourth-order valence-electron chi connectivity index (χ4n) is 1.45. The Kier molecular flexibility index (Phi) is 5.09. The third kappa shape index (κ3) is 4.88. The Balaban J connectivity index is 2.78. The second-order valence-electron chi connectivity index (χ2n) is 4.19. The number of carbonyl (C=O) groups is 2. The highest BCUT2D eigenvalue weighted by atomic mass is 32.2. The highest BCUT2D eigenvalue weighted by Crippen LogP contribution is 2.12. The van der Waals surface area contributed by atoms with Crippen LogP contribution in [-0.2, 0) is 19.6 Å². The number of ether oxygens (including phenoxy) is 1. The topological polar surface area (TPSA) is 92.8 Å². The second-order valence-corrected chi connectivity index (χ2v) is 5.94. The lowest BCUT2D eigenvalue weighted by molar-refractivity contribution is -0.141. The minimum atomic E-state index is -3.35.